The molecule has 1 aromatic heterocycles. The van der Waals surface area contributed by atoms with Gasteiger partial charge in [-0.25, -0.2) is 4.99 Å². The molecule has 0 fully saturated rings. The summed E-state index contributed by atoms with van der Waals surface area (Å²) in [5, 5.41) is 17.2. The van der Waals surface area contributed by atoms with Crippen molar-refractivity contribution in [2.24, 2.45) is 10.9 Å². The summed E-state index contributed by atoms with van der Waals surface area (Å²) >= 11 is 0. The molecule has 2 atom stereocenters. The van der Waals surface area contributed by atoms with Crippen molar-refractivity contribution in [3.63, 3.8) is 0 Å². The van der Waals surface area contributed by atoms with Gasteiger partial charge in [0.15, 0.2) is 5.96 Å². The molecule has 0 saturated heterocycles. The molecule has 2 unspecified atom stereocenters. The number of aliphatic hydroxyl groups is 1. The lowest BCUT2D eigenvalue weighted by molar-refractivity contribution is 0.0428. The fraction of sp³-hybridized carbons (Fsp3) is 0.500. The van der Waals surface area contributed by atoms with E-state index in [4.69, 9.17) is 9.15 Å². The minimum absolute atomic E-state index is 0.203. The predicted molar refractivity (Wildman–Crippen MR) is 112 cm³/mol. The van der Waals surface area contributed by atoms with Crippen LogP contribution in [0, 0.1) is 12.8 Å². The number of hydrogen-bond donors (Lipinski definition) is 3. The van der Waals surface area contributed by atoms with Crippen molar-refractivity contribution >= 4 is 5.96 Å². The average molecular weight is 388 g/mol. The van der Waals surface area contributed by atoms with Crippen LogP contribution in [-0.4, -0.2) is 37.3 Å². The van der Waals surface area contributed by atoms with Crippen LogP contribution in [0.2, 0.25) is 0 Å². The second-order valence-electron chi connectivity index (χ2n) is 7.37. The molecule has 6 heteroatoms. The van der Waals surface area contributed by atoms with Gasteiger partial charge in [0.2, 0.25) is 0 Å². The number of aliphatic imine (C=N–C) groups is 1. The van der Waals surface area contributed by atoms with E-state index in [1.54, 1.807) is 13.0 Å². The lowest BCUT2D eigenvalue weighted by atomic mass is 10.0. The fourth-order valence-electron chi connectivity index (χ4n) is 2.66. The number of guanidine groups is 1. The van der Waals surface area contributed by atoms with Gasteiger partial charge in [-0.05, 0) is 44.4 Å². The molecule has 0 saturated carbocycles. The first-order valence-corrected chi connectivity index (χ1v) is 9.84. The molecule has 0 aliphatic carbocycles. The zero-order chi connectivity index (χ0) is 20.4. The maximum atomic E-state index is 10.6. The molecule has 0 spiro atoms. The highest BCUT2D eigenvalue weighted by Gasteiger charge is 2.26. The molecule has 0 amide bonds. The summed E-state index contributed by atoms with van der Waals surface area (Å²) < 4.78 is 11.3. The summed E-state index contributed by atoms with van der Waals surface area (Å²) in [5.41, 5.74) is 0.0223. The Balaban J connectivity index is 1.80. The van der Waals surface area contributed by atoms with Crippen molar-refractivity contribution in [1.82, 2.24) is 10.6 Å². The summed E-state index contributed by atoms with van der Waals surface area (Å²) in [7, 11) is 0. The molecule has 1 aromatic carbocycles. The Morgan fingerprint density at radius 1 is 1.21 bits per heavy atom. The van der Waals surface area contributed by atoms with E-state index in [1.165, 1.54) is 5.56 Å². The van der Waals surface area contributed by atoms with Gasteiger partial charge in [-0.3, -0.25) is 0 Å². The van der Waals surface area contributed by atoms with Crippen molar-refractivity contribution in [1.29, 1.82) is 0 Å². The van der Waals surface area contributed by atoms with Crippen LogP contribution in [0.1, 0.15) is 37.9 Å². The van der Waals surface area contributed by atoms with Gasteiger partial charge in [0.05, 0.1) is 19.8 Å². The summed E-state index contributed by atoms with van der Waals surface area (Å²) in [6, 6.07) is 13.8. The van der Waals surface area contributed by atoms with Crippen LogP contribution >= 0.6 is 0 Å². The van der Waals surface area contributed by atoms with Crippen molar-refractivity contribution in [3.8, 4) is 0 Å². The number of nitrogens with one attached hydrogen (secondary N) is 2. The summed E-state index contributed by atoms with van der Waals surface area (Å²) in [6.45, 7) is 10.6. The minimum Gasteiger partial charge on any atom is -0.463 e. The van der Waals surface area contributed by atoms with Gasteiger partial charge in [0.25, 0.3) is 0 Å². The molecular formula is C22H33N3O3. The zero-order valence-corrected chi connectivity index (χ0v) is 17.4. The highest BCUT2D eigenvalue weighted by Crippen LogP contribution is 2.23. The van der Waals surface area contributed by atoms with Crippen LogP contribution in [-0.2, 0) is 16.9 Å². The van der Waals surface area contributed by atoms with E-state index < -0.39 is 5.60 Å². The van der Waals surface area contributed by atoms with Gasteiger partial charge in [-0.1, -0.05) is 37.3 Å². The Bertz CT molecular complexity index is 726. The molecule has 1 heterocycles. The van der Waals surface area contributed by atoms with Gasteiger partial charge in [0, 0.05) is 13.1 Å². The number of rotatable bonds is 10. The lowest BCUT2D eigenvalue weighted by Gasteiger charge is -2.20. The van der Waals surface area contributed by atoms with Gasteiger partial charge in [0.1, 0.15) is 17.1 Å². The van der Waals surface area contributed by atoms with Gasteiger partial charge in [-0.2, -0.15) is 0 Å². The first kappa shape index (κ1) is 22.0. The first-order valence-electron chi connectivity index (χ1n) is 9.84. The number of ether oxygens (including phenoxy) is 1. The van der Waals surface area contributed by atoms with E-state index in [0.29, 0.717) is 30.9 Å². The van der Waals surface area contributed by atoms with Crippen LogP contribution in [0.3, 0.4) is 0 Å². The van der Waals surface area contributed by atoms with E-state index in [0.717, 1.165) is 18.8 Å². The predicted octanol–water partition coefficient (Wildman–Crippen LogP) is 3.20. The Kier molecular flexibility index (Phi) is 8.54. The van der Waals surface area contributed by atoms with Crippen LogP contribution < -0.4 is 10.6 Å². The van der Waals surface area contributed by atoms with Crippen molar-refractivity contribution in [2.75, 3.05) is 26.2 Å². The van der Waals surface area contributed by atoms with Crippen LogP contribution in [0.5, 0.6) is 0 Å². The van der Waals surface area contributed by atoms with Crippen molar-refractivity contribution in [3.05, 3.63) is 59.5 Å². The molecular weight excluding hydrogens is 354 g/mol. The molecule has 6 nitrogen and oxygen atoms in total. The molecule has 2 rings (SSSR count). The Labute approximate surface area is 168 Å². The van der Waals surface area contributed by atoms with Crippen LogP contribution in [0.4, 0.5) is 0 Å². The maximum absolute atomic E-state index is 10.6. The van der Waals surface area contributed by atoms with E-state index in [2.05, 4.69) is 34.7 Å². The minimum atomic E-state index is -1.15. The van der Waals surface area contributed by atoms with Gasteiger partial charge in [-0.15, -0.1) is 0 Å². The molecule has 0 aliphatic heterocycles. The highest BCUT2D eigenvalue weighted by atomic mass is 16.5. The standard InChI is InChI=1S/C22H33N3O3/c1-5-23-21(25-16-22(4,26)20-12-11-18(3)28-20)24-13-17(2)14-27-15-19-9-7-6-8-10-19/h6-12,17,26H,5,13-16H2,1-4H3,(H2,23,24,25). The number of aryl methyl sites for hydroxylation is 1. The first-order chi connectivity index (χ1) is 13.4. The van der Waals surface area contributed by atoms with Crippen LogP contribution in [0.15, 0.2) is 51.9 Å². The van der Waals surface area contributed by atoms with E-state index >= 15 is 0 Å². The molecule has 28 heavy (non-hydrogen) atoms. The maximum Gasteiger partial charge on any atom is 0.191 e. The molecule has 154 valence electrons. The van der Waals surface area contributed by atoms with E-state index in [1.807, 2.05) is 38.1 Å². The quantitative estimate of drug-likeness (QED) is 0.431. The monoisotopic (exact) mass is 387 g/mol. The molecule has 2 aromatic rings. The molecule has 0 aliphatic rings. The second kappa shape index (κ2) is 10.9. The number of hydrogen-bond acceptors (Lipinski definition) is 4. The van der Waals surface area contributed by atoms with Crippen molar-refractivity contribution < 1.29 is 14.3 Å². The molecule has 3 N–H and O–H groups in total. The third kappa shape index (κ3) is 7.37. The molecule has 0 radical (unpaired) electrons. The Hall–Kier alpha value is -2.31. The Morgan fingerprint density at radius 2 is 1.96 bits per heavy atom. The largest absolute Gasteiger partial charge is 0.463 e. The van der Waals surface area contributed by atoms with Crippen LogP contribution in [0.25, 0.3) is 0 Å². The summed E-state index contributed by atoms with van der Waals surface area (Å²) in [6.07, 6.45) is 0. The normalized spacial score (nSPS) is 15.1. The van der Waals surface area contributed by atoms with Gasteiger partial charge >= 0.3 is 0 Å². The second-order valence-corrected chi connectivity index (χ2v) is 7.37. The average Bonchev–Trinajstić information content (AvgIpc) is 3.12. The SMILES string of the molecule is CCNC(=NCC(C)(O)c1ccc(C)o1)NCC(C)COCc1ccccc1. The summed E-state index contributed by atoms with van der Waals surface area (Å²) in [4.78, 5) is 4.51. The number of furan rings is 1. The van der Waals surface area contributed by atoms with E-state index in [-0.39, 0.29) is 6.54 Å². The number of nitrogens with zero attached hydrogens (tertiary/aromatic N) is 1. The highest BCUT2D eigenvalue weighted by molar-refractivity contribution is 5.79. The fourth-order valence-corrected chi connectivity index (χ4v) is 2.66. The van der Waals surface area contributed by atoms with E-state index in [9.17, 15) is 5.11 Å². The topological polar surface area (TPSA) is 79.0 Å². The number of benzene rings is 1. The third-order valence-corrected chi connectivity index (χ3v) is 4.29. The molecule has 0 bridgehead atoms. The smallest absolute Gasteiger partial charge is 0.191 e. The summed E-state index contributed by atoms with van der Waals surface area (Å²) in [5.74, 6) is 2.28. The van der Waals surface area contributed by atoms with Crippen molar-refractivity contribution in [2.45, 2.75) is 39.9 Å². The Morgan fingerprint density at radius 3 is 2.61 bits per heavy atom. The third-order valence-electron chi connectivity index (χ3n) is 4.29. The van der Waals surface area contributed by atoms with Gasteiger partial charge < -0.3 is 24.9 Å². The zero-order valence-electron chi connectivity index (χ0n) is 17.4. The lowest BCUT2D eigenvalue weighted by Crippen LogP contribution is -2.41.